The number of hydrazine groups is 1. The van der Waals surface area contributed by atoms with E-state index in [9.17, 15) is 4.79 Å². The van der Waals surface area contributed by atoms with Crippen LogP contribution in [0.5, 0.6) is 0 Å². The SMILES string of the molecule is COC1NN(c2ccccc2SC)C(=O)O1. The van der Waals surface area contributed by atoms with E-state index in [1.54, 1.807) is 11.8 Å². The van der Waals surface area contributed by atoms with Gasteiger partial charge < -0.3 is 9.47 Å². The molecule has 0 radical (unpaired) electrons. The Bertz CT molecular complexity index is 399. The van der Waals surface area contributed by atoms with Crippen LogP contribution < -0.4 is 10.4 Å². The molecule has 0 aromatic heterocycles. The first-order valence-electron chi connectivity index (χ1n) is 4.69. The van der Waals surface area contributed by atoms with Crippen molar-refractivity contribution in [2.75, 3.05) is 18.4 Å². The van der Waals surface area contributed by atoms with Gasteiger partial charge in [-0.25, -0.2) is 9.80 Å². The van der Waals surface area contributed by atoms with Gasteiger partial charge in [0, 0.05) is 12.0 Å². The van der Waals surface area contributed by atoms with Gasteiger partial charge in [-0.15, -0.1) is 11.8 Å². The van der Waals surface area contributed by atoms with Gasteiger partial charge in [0.05, 0.1) is 5.69 Å². The fourth-order valence-corrected chi connectivity index (χ4v) is 2.00. The number of cyclic esters (lactones) is 1. The minimum absolute atomic E-state index is 0.464. The van der Waals surface area contributed by atoms with E-state index in [4.69, 9.17) is 9.47 Å². The predicted molar refractivity (Wildman–Crippen MR) is 61.1 cm³/mol. The fraction of sp³-hybridized carbons (Fsp3) is 0.300. The standard InChI is InChI=1S/C10H12N2O3S/c1-14-9-11-12(10(13)15-9)7-5-3-4-6-8(7)16-2/h3-6,9,11H,1-2H3. The van der Waals surface area contributed by atoms with Crippen molar-refractivity contribution < 1.29 is 14.3 Å². The largest absolute Gasteiger partial charge is 0.432 e. The van der Waals surface area contributed by atoms with Crippen LogP contribution in [0.2, 0.25) is 0 Å². The number of ether oxygens (including phenoxy) is 2. The van der Waals surface area contributed by atoms with Crippen molar-refractivity contribution in [1.29, 1.82) is 0 Å². The molecule has 1 aromatic rings. The molecule has 0 bridgehead atoms. The van der Waals surface area contributed by atoms with E-state index in [2.05, 4.69) is 5.43 Å². The van der Waals surface area contributed by atoms with Crippen LogP contribution in [0.15, 0.2) is 29.2 Å². The van der Waals surface area contributed by atoms with Crippen LogP contribution >= 0.6 is 11.8 Å². The molecule has 1 aromatic carbocycles. The number of hydrogen-bond acceptors (Lipinski definition) is 5. The Hall–Kier alpha value is -1.24. The highest BCUT2D eigenvalue weighted by atomic mass is 32.2. The van der Waals surface area contributed by atoms with Crippen LogP contribution in [0.4, 0.5) is 10.5 Å². The molecule has 0 saturated carbocycles. The average Bonchev–Trinajstić information content (AvgIpc) is 2.70. The van der Waals surface area contributed by atoms with Gasteiger partial charge >= 0.3 is 6.09 Å². The summed E-state index contributed by atoms with van der Waals surface area (Å²) in [6.45, 7) is 0. The Morgan fingerprint density at radius 1 is 1.50 bits per heavy atom. The molecule has 6 heteroatoms. The second kappa shape index (κ2) is 4.73. The van der Waals surface area contributed by atoms with Crippen molar-refractivity contribution in [2.45, 2.75) is 11.3 Å². The van der Waals surface area contributed by atoms with Crippen molar-refractivity contribution in [3.63, 3.8) is 0 Å². The van der Waals surface area contributed by atoms with Crippen LogP contribution in [-0.2, 0) is 9.47 Å². The Labute approximate surface area is 97.7 Å². The third-order valence-corrected chi connectivity index (χ3v) is 2.95. The highest BCUT2D eigenvalue weighted by Gasteiger charge is 2.32. The number of methoxy groups -OCH3 is 1. The van der Waals surface area contributed by atoms with E-state index in [1.165, 1.54) is 12.1 Å². The molecule has 1 atom stereocenters. The Kier molecular flexibility index (Phi) is 3.33. The van der Waals surface area contributed by atoms with E-state index in [1.807, 2.05) is 30.5 Å². The highest BCUT2D eigenvalue weighted by Crippen LogP contribution is 2.29. The molecule has 1 N–H and O–H groups in total. The first-order valence-corrected chi connectivity index (χ1v) is 5.91. The first kappa shape index (κ1) is 11.3. The molecule has 86 valence electrons. The normalized spacial score (nSPS) is 20.0. The molecule has 0 aliphatic carbocycles. The lowest BCUT2D eigenvalue weighted by Gasteiger charge is -2.16. The number of amides is 1. The van der Waals surface area contributed by atoms with Crippen LogP contribution in [0.1, 0.15) is 0 Å². The quantitative estimate of drug-likeness (QED) is 0.816. The lowest BCUT2D eigenvalue weighted by Crippen LogP contribution is -2.38. The van der Waals surface area contributed by atoms with Crippen molar-refractivity contribution in [3.8, 4) is 0 Å². The van der Waals surface area contributed by atoms with Crippen LogP contribution in [0.25, 0.3) is 0 Å². The lowest BCUT2D eigenvalue weighted by molar-refractivity contribution is -0.0722. The minimum Gasteiger partial charge on any atom is -0.402 e. The van der Waals surface area contributed by atoms with Crippen LogP contribution in [0, 0.1) is 0 Å². The maximum Gasteiger partial charge on any atom is 0.432 e. The zero-order valence-electron chi connectivity index (χ0n) is 8.97. The second-order valence-electron chi connectivity index (χ2n) is 3.09. The summed E-state index contributed by atoms with van der Waals surface area (Å²) in [5, 5.41) is 1.35. The number of nitrogens with one attached hydrogen (secondary N) is 1. The van der Waals surface area contributed by atoms with Gasteiger partial charge in [0.2, 0.25) is 0 Å². The van der Waals surface area contributed by atoms with Crippen LogP contribution in [0.3, 0.4) is 0 Å². The Balaban J connectivity index is 2.27. The predicted octanol–water partition coefficient (Wildman–Crippen LogP) is 1.80. The summed E-state index contributed by atoms with van der Waals surface area (Å²) in [6.07, 6.45) is 0.768. The van der Waals surface area contributed by atoms with Crippen molar-refractivity contribution in [1.82, 2.24) is 5.43 Å². The number of benzene rings is 1. The molecule has 1 heterocycles. The highest BCUT2D eigenvalue weighted by molar-refractivity contribution is 7.98. The smallest absolute Gasteiger partial charge is 0.402 e. The lowest BCUT2D eigenvalue weighted by atomic mass is 10.3. The van der Waals surface area contributed by atoms with E-state index in [0.29, 0.717) is 0 Å². The third-order valence-electron chi connectivity index (χ3n) is 2.17. The fourth-order valence-electron chi connectivity index (χ4n) is 1.41. The number of rotatable bonds is 3. The van der Waals surface area contributed by atoms with Gasteiger partial charge in [-0.2, -0.15) is 5.43 Å². The number of carbonyl (C=O) groups is 1. The van der Waals surface area contributed by atoms with E-state index >= 15 is 0 Å². The van der Waals surface area contributed by atoms with Gasteiger partial charge in [0.25, 0.3) is 6.41 Å². The number of carbonyl (C=O) groups excluding carboxylic acids is 1. The van der Waals surface area contributed by atoms with Crippen molar-refractivity contribution in [3.05, 3.63) is 24.3 Å². The summed E-state index contributed by atoms with van der Waals surface area (Å²) < 4.78 is 9.83. The number of thioether (sulfide) groups is 1. The zero-order chi connectivity index (χ0) is 11.5. The average molecular weight is 240 g/mol. The molecule has 1 aliphatic heterocycles. The number of nitrogens with zero attached hydrogens (tertiary/aromatic N) is 1. The molecule has 2 rings (SSSR count). The minimum atomic E-state index is -0.720. The molecular weight excluding hydrogens is 228 g/mol. The molecule has 0 spiro atoms. The maximum absolute atomic E-state index is 11.6. The first-order chi connectivity index (χ1) is 7.76. The molecule has 16 heavy (non-hydrogen) atoms. The molecule has 1 amide bonds. The second-order valence-corrected chi connectivity index (χ2v) is 3.94. The zero-order valence-corrected chi connectivity index (χ0v) is 9.78. The molecule has 1 saturated heterocycles. The summed E-state index contributed by atoms with van der Waals surface area (Å²) in [5.41, 5.74) is 3.57. The van der Waals surface area contributed by atoms with E-state index in [-0.39, 0.29) is 0 Å². The molecule has 1 aliphatic rings. The summed E-state index contributed by atoms with van der Waals surface area (Å²) >= 11 is 1.56. The number of anilines is 1. The van der Waals surface area contributed by atoms with Gasteiger partial charge in [0.1, 0.15) is 0 Å². The van der Waals surface area contributed by atoms with Gasteiger partial charge in [-0.05, 0) is 18.4 Å². The molecule has 1 fully saturated rings. The van der Waals surface area contributed by atoms with Gasteiger partial charge in [-0.3, -0.25) is 0 Å². The van der Waals surface area contributed by atoms with E-state index < -0.39 is 12.5 Å². The van der Waals surface area contributed by atoms with Gasteiger partial charge in [0.15, 0.2) is 0 Å². The number of para-hydroxylation sites is 1. The summed E-state index contributed by atoms with van der Waals surface area (Å²) in [5.74, 6) is 0. The van der Waals surface area contributed by atoms with E-state index in [0.717, 1.165) is 10.6 Å². The molecular formula is C10H12N2O3S. The van der Waals surface area contributed by atoms with Crippen molar-refractivity contribution >= 4 is 23.5 Å². The third kappa shape index (κ3) is 1.99. The van der Waals surface area contributed by atoms with Crippen LogP contribution in [-0.4, -0.2) is 25.9 Å². The summed E-state index contributed by atoms with van der Waals surface area (Å²) in [4.78, 5) is 12.6. The summed E-state index contributed by atoms with van der Waals surface area (Å²) in [7, 11) is 1.47. The van der Waals surface area contributed by atoms with Gasteiger partial charge in [-0.1, -0.05) is 12.1 Å². The Morgan fingerprint density at radius 2 is 2.25 bits per heavy atom. The monoisotopic (exact) mass is 240 g/mol. The summed E-state index contributed by atoms with van der Waals surface area (Å²) in [6, 6.07) is 7.57. The molecule has 1 unspecified atom stereocenters. The maximum atomic E-state index is 11.6. The Morgan fingerprint density at radius 3 is 2.88 bits per heavy atom. The topological polar surface area (TPSA) is 50.8 Å². The molecule has 5 nitrogen and oxygen atoms in total. The number of hydrogen-bond donors (Lipinski definition) is 1. The van der Waals surface area contributed by atoms with Crippen molar-refractivity contribution in [2.24, 2.45) is 0 Å².